The molecule has 3 rings (SSSR count). The summed E-state index contributed by atoms with van der Waals surface area (Å²) in [4.78, 5) is 8.61. The maximum atomic E-state index is 5.77. The minimum Gasteiger partial charge on any atom is -1.00 e. The molecule has 0 N–H and O–H groups in total. The molecule has 0 spiro atoms. The van der Waals surface area contributed by atoms with Crippen molar-refractivity contribution in [3.05, 3.63) is 40.7 Å². The number of hydrogen-bond acceptors (Lipinski definition) is 5. The fraction of sp³-hybridized carbons (Fsp3) is 0.455. The van der Waals surface area contributed by atoms with E-state index in [0.29, 0.717) is 0 Å². The second kappa shape index (κ2) is 8.79. The monoisotopic (exact) mass is 407 g/mol. The maximum Gasteiger partial charge on any atom is 2.00 e. The number of aryl methyl sites for hydroxylation is 1. The van der Waals surface area contributed by atoms with Crippen molar-refractivity contribution < 1.29 is 6.16 Å². The average molecular weight is 408 g/mol. The summed E-state index contributed by atoms with van der Waals surface area (Å²) in [7, 11) is 16.2. The van der Waals surface area contributed by atoms with Crippen LogP contribution in [0.1, 0.15) is 18.7 Å². The van der Waals surface area contributed by atoms with Crippen LogP contribution < -0.4 is 24.3 Å². The zero-order chi connectivity index (χ0) is 20.7. The van der Waals surface area contributed by atoms with Gasteiger partial charge in [-0.05, 0) is 36.9 Å². The summed E-state index contributed by atoms with van der Waals surface area (Å²) in [5, 5.41) is 5.08. The number of methoxy groups -OCH3 is 1. The molecule has 0 bridgehead atoms. The summed E-state index contributed by atoms with van der Waals surface area (Å²) >= 11 is 0. The first-order chi connectivity index (χ1) is 13.1. The summed E-state index contributed by atoms with van der Waals surface area (Å²) < 4.78 is 5.77. The van der Waals surface area contributed by atoms with E-state index in [2.05, 4.69) is 86.0 Å². The Hall–Kier alpha value is -1.99. The largest absolute Gasteiger partial charge is 2.00 e. The third-order valence-corrected chi connectivity index (χ3v) is 5.37. The van der Waals surface area contributed by atoms with Crippen LogP contribution in [-0.4, -0.2) is 79.5 Å². The van der Waals surface area contributed by atoms with Gasteiger partial charge in [0.1, 0.15) is 5.75 Å². The van der Waals surface area contributed by atoms with Crippen LogP contribution in [-0.2, 0) is 0 Å². The van der Waals surface area contributed by atoms with Crippen LogP contribution in [0.25, 0.3) is 5.32 Å². The Morgan fingerprint density at radius 2 is 1.52 bits per heavy atom. The summed E-state index contributed by atoms with van der Waals surface area (Å²) in [5.74, 6) is 0.873. The topological polar surface area (TPSA) is 36.3 Å². The quantitative estimate of drug-likeness (QED) is 0.698. The minimum absolute atomic E-state index is 0. The van der Waals surface area contributed by atoms with Crippen LogP contribution in [0.15, 0.2) is 24.3 Å². The fourth-order valence-electron chi connectivity index (χ4n) is 3.77. The molecule has 1 atom stereocenters. The molecule has 7 heteroatoms. The van der Waals surface area contributed by atoms with Gasteiger partial charge in [0, 0.05) is 72.3 Å². The molecule has 0 saturated heterocycles. The summed E-state index contributed by atoms with van der Waals surface area (Å²) in [6.07, 6.45) is -0.103. The van der Waals surface area contributed by atoms with Crippen LogP contribution in [0.5, 0.6) is 5.75 Å². The Labute approximate surface area is 193 Å². The first-order valence-corrected chi connectivity index (χ1v) is 9.48. The molecule has 29 heavy (non-hydrogen) atoms. The molecule has 2 aromatic rings. The Morgan fingerprint density at radius 3 is 2.03 bits per heavy atom. The van der Waals surface area contributed by atoms with Crippen LogP contribution in [0, 0.1) is 6.92 Å². The molecule has 2 aromatic carbocycles. The van der Waals surface area contributed by atoms with E-state index in [1.165, 1.54) is 11.3 Å². The van der Waals surface area contributed by atoms with Crippen molar-refractivity contribution >= 4 is 51.5 Å². The van der Waals surface area contributed by atoms with Crippen molar-refractivity contribution in [3.8, 4) is 5.75 Å². The van der Waals surface area contributed by atoms with Gasteiger partial charge in [0.05, 0.1) is 18.5 Å². The van der Waals surface area contributed by atoms with Crippen LogP contribution in [0.3, 0.4) is 0 Å². The van der Waals surface area contributed by atoms with Gasteiger partial charge in [-0.25, -0.2) is 0 Å². The first kappa shape index (κ1) is 23.3. The van der Waals surface area contributed by atoms with Crippen molar-refractivity contribution in [3.63, 3.8) is 0 Å². The first-order valence-electron chi connectivity index (χ1n) is 9.48. The standard InChI is InChI=1S/C22H32N5O.Mg.H/c1-14-10-15(24(2)3)11-20(28-9)21(14)22-23-16-12-18(25(4)5)19(26(6)7)13-17(16)27(22)8;;/h10-13,22H,1-9H3;;/q-1;+2;-1. The third-order valence-electron chi connectivity index (χ3n) is 5.37. The fourth-order valence-corrected chi connectivity index (χ4v) is 3.77. The molecular weight excluding hydrogens is 375 g/mol. The van der Waals surface area contributed by atoms with Crippen LogP contribution in [0.4, 0.5) is 28.4 Å². The Morgan fingerprint density at radius 1 is 0.931 bits per heavy atom. The number of ether oxygens (including phenoxy) is 1. The predicted octanol–water partition coefficient (Wildman–Crippen LogP) is 4.09. The number of benzene rings is 2. The molecule has 1 aliphatic rings. The van der Waals surface area contributed by atoms with Gasteiger partial charge < -0.3 is 31.1 Å². The molecule has 0 aliphatic carbocycles. The van der Waals surface area contributed by atoms with E-state index in [-0.39, 0.29) is 30.6 Å². The van der Waals surface area contributed by atoms with Crippen molar-refractivity contribution in [2.75, 3.05) is 76.0 Å². The van der Waals surface area contributed by atoms with Gasteiger partial charge in [-0.1, -0.05) is 0 Å². The zero-order valence-corrected chi connectivity index (χ0v) is 20.7. The normalized spacial score (nSPS) is 14.7. The predicted molar refractivity (Wildman–Crippen MR) is 128 cm³/mol. The summed E-state index contributed by atoms with van der Waals surface area (Å²) in [5.41, 5.74) is 7.91. The van der Waals surface area contributed by atoms with Gasteiger partial charge in [-0.15, -0.1) is 5.69 Å². The van der Waals surface area contributed by atoms with Crippen molar-refractivity contribution in [1.82, 2.24) is 0 Å². The van der Waals surface area contributed by atoms with Gasteiger partial charge >= 0.3 is 23.1 Å². The van der Waals surface area contributed by atoms with E-state index in [9.17, 15) is 0 Å². The van der Waals surface area contributed by atoms with E-state index in [1.54, 1.807) is 7.11 Å². The average Bonchev–Trinajstić information content (AvgIpc) is 2.95. The molecule has 0 fully saturated rings. The molecule has 1 heterocycles. The van der Waals surface area contributed by atoms with Crippen molar-refractivity contribution in [2.24, 2.45) is 0 Å². The molecular formula is C22H33MgN5O. The van der Waals surface area contributed by atoms with Crippen molar-refractivity contribution in [1.29, 1.82) is 0 Å². The second-order valence-corrected chi connectivity index (χ2v) is 8.01. The van der Waals surface area contributed by atoms with Crippen LogP contribution >= 0.6 is 0 Å². The van der Waals surface area contributed by atoms with Gasteiger partial charge in [-0.3, -0.25) is 0 Å². The van der Waals surface area contributed by atoms with Gasteiger partial charge in [0.2, 0.25) is 0 Å². The minimum atomic E-state index is -0.103. The Bertz CT molecular complexity index is 888. The number of nitrogens with zero attached hydrogens (tertiary/aromatic N) is 5. The third kappa shape index (κ3) is 4.16. The molecule has 1 unspecified atom stereocenters. The summed E-state index contributed by atoms with van der Waals surface area (Å²) in [6, 6.07) is 8.69. The molecule has 0 radical (unpaired) electrons. The van der Waals surface area contributed by atoms with E-state index >= 15 is 0 Å². The Balaban J connectivity index is 0.00000225. The molecule has 0 amide bonds. The smallest absolute Gasteiger partial charge is 1.00 e. The van der Waals surface area contributed by atoms with Crippen molar-refractivity contribution in [2.45, 2.75) is 13.1 Å². The molecule has 154 valence electrons. The molecule has 0 saturated carbocycles. The summed E-state index contributed by atoms with van der Waals surface area (Å²) in [6.45, 7) is 2.13. The number of rotatable bonds is 5. The van der Waals surface area contributed by atoms with E-state index in [4.69, 9.17) is 10.1 Å². The van der Waals surface area contributed by atoms with Gasteiger partial charge in [-0.2, -0.15) is 0 Å². The van der Waals surface area contributed by atoms with E-state index in [0.717, 1.165) is 34.1 Å². The molecule has 1 aliphatic heterocycles. The number of fused-ring (bicyclic) bond motifs is 1. The van der Waals surface area contributed by atoms with E-state index < -0.39 is 0 Å². The van der Waals surface area contributed by atoms with E-state index in [1.807, 2.05) is 14.1 Å². The molecule has 6 nitrogen and oxygen atoms in total. The van der Waals surface area contributed by atoms with Crippen LogP contribution in [0.2, 0.25) is 0 Å². The number of anilines is 4. The van der Waals surface area contributed by atoms with Gasteiger partial charge in [0.15, 0.2) is 0 Å². The zero-order valence-electron chi connectivity index (χ0n) is 20.2. The van der Waals surface area contributed by atoms with Gasteiger partial charge in [0.25, 0.3) is 0 Å². The Kier molecular flexibility index (Phi) is 7.06. The number of hydrogen-bond donors (Lipinski definition) is 0. The maximum absolute atomic E-state index is 5.77. The molecule has 0 aromatic heterocycles. The SMILES string of the molecule is COc1cc(N(C)C)cc(C)c1C1[N-]c2cc(N(C)C)c(N(C)C)cc2N1C.[H-].[Mg+2]. The second-order valence-electron chi connectivity index (χ2n) is 8.01.